The number of nitrogens with zero attached hydrogens (tertiary/aromatic N) is 1. The molecule has 0 aliphatic heterocycles. The van der Waals surface area contributed by atoms with Gasteiger partial charge in [-0.1, -0.05) is 138 Å². The summed E-state index contributed by atoms with van der Waals surface area (Å²) in [5.74, 6) is -0.847. The molecule has 0 heterocycles. The Balaban J connectivity index is 4.48. The van der Waals surface area contributed by atoms with Gasteiger partial charge in [-0.3, -0.25) is 18.6 Å². The second kappa shape index (κ2) is 34.2. The highest BCUT2D eigenvalue weighted by atomic mass is 31.2. The monoisotopic (exact) mass is 751 g/mol. The lowest BCUT2D eigenvalue weighted by Gasteiger charge is -2.24. The molecular weight excluding hydrogens is 677 g/mol. The minimum atomic E-state index is -4.38. The normalized spacial score (nSPS) is 14.5. The smallest absolute Gasteiger partial charge is 0.462 e. The molecule has 10 heteroatoms. The number of ether oxygens (including phenoxy) is 2. The lowest BCUT2D eigenvalue weighted by atomic mass is 10.1. The van der Waals surface area contributed by atoms with Crippen molar-refractivity contribution in [3.05, 3.63) is 72.9 Å². The van der Waals surface area contributed by atoms with Crippen molar-refractivity contribution < 1.29 is 42.1 Å². The quantitative estimate of drug-likeness (QED) is 0.0228. The molecule has 0 spiro atoms. The Kier molecular flexibility index (Phi) is 32.6. The predicted molar refractivity (Wildman–Crippen MR) is 215 cm³/mol. The molecule has 0 fully saturated rings. The van der Waals surface area contributed by atoms with Crippen LogP contribution >= 0.6 is 7.82 Å². The lowest BCUT2D eigenvalue weighted by Crippen LogP contribution is -2.37. The number of quaternary nitrogens is 1. The Hall–Kier alpha value is -2.55. The lowest BCUT2D eigenvalue weighted by molar-refractivity contribution is -0.870. The number of hydrogen-bond donors (Lipinski definition) is 1. The van der Waals surface area contributed by atoms with Gasteiger partial charge in [0.05, 0.1) is 27.7 Å². The van der Waals surface area contributed by atoms with E-state index in [-0.39, 0.29) is 26.1 Å². The summed E-state index contributed by atoms with van der Waals surface area (Å²) >= 11 is 0. The molecule has 0 aromatic heterocycles. The molecule has 1 N–H and O–H groups in total. The summed E-state index contributed by atoms with van der Waals surface area (Å²) < 4.78 is 34.2. The van der Waals surface area contributed by atoms with E-state index in [1.807, 2.05) is 39.4 Å². The first-order valence-electron chi connectivity index (χ1n) is 19.7. The van der Waals surface area contributed by atoms with E-state index in [4.69, 9.17) is 18.5 Å². The topological polar surface area (TPSA) is 108 Å². The van der Waals surface area contributed by atoms with Gasteiger partial charge in [-0.25, -0.2) is 4.57 Å². The number of likely N-dealkylation sites (N-methyl/N-ethyl adjacent to an activating group) is 1. The first-order valence-corrected chi connectivity index (χ1v) is 21.2. The van der Waals surface area contributed by atoms with Crippen LogP contribution < -0.4 is 0 Å². The number of phosphoric acid groups is 1. The maximum atomic E-state index is 12.6. The molecule has 2 atom stereocenters. The number of esters is 2. The van der Waals surface area contributed by atoms with Crippen LogP contribution in [0, 0.1) is 0 Å². The molecule has 0 amide bonds. The maximum Gasteiger partial charge on any atom is 0.472 e. The van der Waals surface area contributed by atoms with Crippen LogP contribution in [-0.2, 0) is 32.7 Å². The zero-order chi connectivity index (χ0) is 38.6. The second-order valence-electron chi connectivity index (χ2n) is 14.0. The van der Waals surface area contributed by atoms with Gasteiger partial charge in [0.25, 0.3) is 0 Å². The fourth-order valence-corrected chi connectivity index (χ4v) is 5.52. The molecule has 0 aliphatic rings. The van der Waals surface area contributed by atoms with E-state index in [1.54, 1.807) is 0 Å². The highest BCUT2D eigenvalue weighted by Gasteiger charge is 2.27. The fraction of sp³-hybridized carbons (Fsp3) is 0.667. The van der Waals surface area contributed by atoms with Gasteiger partial charge in [-0.05, 0) is 51.4 Å². The molecule has 9 nitrogen and oxygen atoms in total. The van der Waals surface area contributed by atoms with Crippen LogP contribution in [-0.4, -0.2) is 74.9 Å². The maximum absolute atomic E-state index is 12.6. The van der Waals surface area contributed by atoms with Gasteiger partial charge in [0, 0.05) is 12.8 Å². The summed E-state index contributed by atoms with van der Waals surface area (Å²) in [5.41, 5.74) is 0. The Bertz CT molecular complexity index is 1120. The third-order valence-corrected chi connectivity index (χ3v) is 8.84. The SMILES string of the molecule is CC/C=C/C=C/C=C/CCCCCCCCCC(=O)OCC(COP(=O)(O)OCC[N+](C)(C)C)OC(=O)CCCCCCC/C=C/C=C/C=C/CC. The molecule has 298 valence electrons. The number of hydrogen-bond acceptors (Lipinski definition) is 7. The Morgan fingerprint density at radius 1 is 0.596 bits per heavy atom. The standard InChI is InChI=1S/C42H72NO8P/c1-6-8-10-12-14-16-18-20-21-23-24-26-28-30-32-34-41(44)48-38-40(39-50-52(46,47)49-37-36-43(3,4)5)51-42(45)35-33-31-29-27-25-22-19-17-15-13-11-9-7-2/h8-19,40H,6-7,20-39H2,1-5H3/p+1/b10-8+,11-9+,14-12+,15-13+,18-16+,19-17+. The van der Waals surface area contributed by atoms with Gasteiger partial charge in [-0.2, -0.15) is 0 Å². The van der Waals surface area contributed by atoms with E-state index in [1.165, 1.54) is 19.3 Å². The number of allylic oxidation sites excluding steroid dienone is 12. The van der Waals surface area contributed by atoms with Crippen LogP contribution in [0.1, 0.15) is 129 Å². The number of phosphoric ester groups is 1. The van der Waals surface area contributed by atoms with Gasteiger partial charge >= 0.3 is 19.8 Å². The largest absolute Gasteiger partial charge is 0.472 e. The Morgan fingerprint density at radius 2 is 1.04 bits per heavy atom. The average molecular weight is 751 g/mol. The predicted octanol–water partition coefficient (Wildman–Crippen LogP) is 10.7. The summed E-state index contributed by atoms with van der Waals surface area (Å²) in [6.07, 6.45) is 40.9. The van der Waals surface area contributed by atoms with Crippen molar-refractivity contribution in [2.45, 2.75) is 136 Å². The Morgan fingerprint density at radius 3 is 1.52 bits per heavy atom. The van der Waals surface area contributed by atoms with E-state index in [2.05, 4.69) is 68.5 Å². The third kappa shape index (κ3) is 37.2. The second-order valence-corrected chi connectivity index (χ2v) is 15.5. The van der Waals surface area contributed by atoms with Crippen molar-refractivity contribution in [3.8, 4) is 0 Å². The third-order valence-electron chi connectivity index (χ3n) is 7.85. The van der Waals surface area contributed by atoms with Gasteiger partial charge in [-0.15, -0.1) is 0 Å². The molecular formula is C42H73NO8P+. The minimum absolute atomic E-state index is 0.0211. The van der Waals surface area contributed by atoms with Crippen molar-refractivity contribution in [3.63, 3.8) is 0 Å². The molecule has 0 radical (unpaired) electrons. The first-order chi connectivity index (χ1) is 25.0. The van der Waals surface area contributed by atoms with Crippen molar-refractivity contribution in [1.82, 2.24) is 0 Å². The van der Waals surface area contributed by atoms with E-state index in [9.17, 15) is 19.0 Å². The van der Waals surface area contributed by atoms with Crippen LogP contribution in [0.2, 0.25) is 0 Å². The summed E-state index contributed by atoms with van der Waals surface area (Å²) in [6.45, 7) is 4.08. The van der Waals surface area contributed by atoms with Crippen LogP contribution in [0.4, 0.5) is 0 Å². The van der Waals surface area contributed by atoms with Crippen LogP contribution in [0.15, 0.2) is 72.9 Å². The summed E-state index contributed by atoms with van der Waals surface area (Å²) in [4.78, 5) is 35.2. The molecule has 0 rings (SSSR count). The molecule has 0 aliphatic carbocycles. The molecule has 52 heavy (non-hydrogen) atoms. The van der Waals surface area contributed by atoms with E-state index in [0.29, 0.717) is 17.4 Å². The van der Waals surface area contributed by atoms with Crippen LogP contribution in [0.5, 0.6) is 0 Å². The van der Waals surface area contributed by atoms with E-state index in [0.717, 1.165) is 77.0 Å². The number of unbranched alkanes of at least 4 members (excludes halogenated alkanes) is 12. The highest BCUT2D eigenvalue weighted by molar-refractivity contribution is 7.47. The molecule has 0 aromatic rings. The number of rotatable bonds is 34. The molecule has 0 bridgehead atoms. The molecule has 0 saturated carbocycles. The van der Waals surface area contributed by atoms with Crippen molar-refractivity contribution in [2.24, 2.45) is 0 Å². The van der Waals surface area contributed by atoms with Crippen molar-refractivity contribution in [1.29, 1.82) is 0 Å². The minimum Gasteiger partial charge on any atom is -0.462 e. The zero-order valence-electron chi connectivity index (χ0n) is 33.3. The summed E-state index contributed by atoms with van der Waals surface area (Å²) in [7, 11) is 1.44. The highest BCUT2D eigenvalue weighted by Crippen LogP contribution is 2.43. The summed E-state index contributed by atoms with van der Waals surface area (Å²) in [5, 5.41) is 0. The van der Waals surface area contributed by atoms with Gasteiger partial charge < -0.3 is 18.9 Å². The summed E-state index contributed by atoms with van der Waals surface area (Å²) in [6, 6.07) is 0. The van der Waals surface area contributed by atoms with Gasteiger partial charge in [0.15, 0.2) is 6.10 Å². The van der Waals surface area contributed by atoms with Gasteiger partial charge in [0.2, 0.25) is 0 Å². The van der Waals surface area contributed by atoms with Crippen molar-refractivity contribution in [2.75, 3.05) is 47.5 Å². The number of carbonyl (C=O) groups excluding carboxylic acids is 2. The molecule has 0 aromatic carbocycles. The zero-order valence-corrected chi connectivity index (χ0v) is 34.2. The van der Waals surface area contributed by atoms with Crippen LogP contribution in [0.25, 0.3) is 0 Å². The first kappa shape index (κ1) is 49.5. The van der Waals surface area contributed by atoms with Gasteiger partial charge in [0.1, 0.15) is 19.8 Å². The average Bonchev–Trinajstić information content (AvgIpc) is 3.09. The van der Waals surface area contributed by atoms with E-state index < -0.39 is 32.5 Å². The Labute approximate surface area is 317 Å². The number of carbonyl (C=O) groups is 2. The molecule has 2 unspecified atom stereocenters. The van der Waals surface area contributed by atoms with E-state index >= 15 is 0 Å². The van der Waals surface area contributed by atoms with Crippen LogP contribution in [0.3, 0.4) is 0 Å². The molecule has 0 saturated heterocycles. The fourth-order valence-electron chi connectivity index (χ4n) is 4.78. The van der Waals surface area contributed by atoms with Crippen molar-refractivity contribution >= 4 is 19.8 Å².